The fourth-order valence-corrected chi connectivity index (χ4v) is 4.52. The minimum atomic E-state index is -0.441. The van der Waals surface area contributed by atoms with Crippen LogP contribution in [-0.2, 0) is 11.3 Å². The van der Waals surface area contributed by atoms with Gasteiger partial charge in [0, 0.05) is 41.3 Å². The Balaban J connectivity index is 1.66. The third kappa shape index (κ3) is 6.73. The van der Waals surface area contributed by atoms with E-state index >= 15 is 0 Å². The first-order valence-corrected chi connectivity index (χ1v) is 11.7. The molecule has 1 saturated heterocycles. The molecule has 1 aliphatic heterocycles. The number of nitrogens with two attached hydrogens (primary N) is 1. The van der Waals surface area contributed by atoms with Crippen LogP contribution in [0, 0.1) is 0 Å². The molecule has 0 radical (unpaired) electrons. The van der Waals surface area contributed by atoms with E-state index < -0.39 is 6.04 Å². The summed E-state index contributed by atoms with van der Waals surface area (Å²) in [6, 6.07) is 9.43. The van der Waals surface area contributed by atoms with Crippen molar-refractivity contribution < 1.29 is 9.59 Å². The van der Waals surface area contributed by atoms with E-state index in [-0.39, 0.29) is 17.9 Å². The Morgan fingerprint density at radius 3 is 2.47 bits per heavy atom. The van der Waals surface area contributed by atoms with E-state index in [0.29, 0.717) is 64.7 Å². The van der Waals surface area contributed by atoms with Crippen LogP contribution in [0.2, 0.25) is 20.1 Å². The first kappa shape index (κ1) is 25.1. The summed E-state index contributed by atoms with van der Waals surface area (Å²) < 4.78 is 0. The second kappa shape index (κ2) is 11.5. The Labute approximate surface area is 207 Å². The van der Waals surface area contributed by atoms with E-state index in [9.17, 15) is 9.59 Å². The molecule has 1 fully saturated rings. The SMILES string of the molecule is NCC[C@@H]1N[C@H](CNC(=O)c2ccc(Cl)c(Cl)c2)CCN(Cc2cc(Cl)cc(Cl)c2)C1=O. The van der Waals surface area contributed by atoms with Crippen molar-refractivity contribution in [1.29, 1.82) is 0 Å². The van der Waals surface area contributed by atoms with Crippen LogP contribution >= 0.6 is 46.4 Å². The summed E-state index contributed by atoms with van der Waals surface area (Å²) in [7, 11) is 0. The number of hydrogen-bond acceptors (Lipinski definition) is 4. The quantitative estimate of drug-likeness (QED) is 0.515. The molecule has 0 saturated carbocycles. The molecule has 2 aromatic rings. The molecule has 2 atom stereocenters. The molecular formula is C22H24Cl4N4O2. The molecule has 32 heavy (non-hydrogen) atoms. The summed E-state index contributed by atoms with van der Waals surface area (Å²) >= 11 is 24.1. The Bertz CT molecular complexity index is 968. The first-order chi connectivity index (χ1) is 15.3. The Kier molecular flexibility index (Phi) is 9.05. The predicted octanol–water partition coefficient (Wildman–Crippen LogP) is 4.14. The molecule has 1 aliphatic rings. The van der Waals surface area contributed by atoms with Crippen LogP contribution in [0.1, 0.15) is 28.8 Å². The largest absolute Gasteiger partial charge is 0.350 e. The van der Waals surface area contributed by atoms with Gasteiger partial charge in [-0.1, -0.05) is 46.4 Å². The van der Waals surface area contributed by atoms with Gasteiger partial charge < -0.3 is 21.3 Å². The average molecular weight is 518 g/mol. The summed E-state index contributed by atoms with van der Waals surface area (Å²) in [4.78, 5) is 27.4. The highest BCUT2D eigenvalue weighted by Crippen LogP contribution is 2.23. The van der Waals surface area contributed by atoms with Gasteiger partial charge in [0.1, 0.15) is 0 Å². The molecule has 6 nitrogen and oxygen atoms in total. The lowest BCUT2D eigenvalue weighted by Crippen LogP contribution is -2.49. The van der Waals surface area contributed by atoms with Crippen molar-refractivity contribution in [1.82, 2.24) is 15.5 Å². The third-order valence-electron chi connectivity index (χ3n) is 5.24. The van der Waals surface area contributed by atoms with E-state index in [2.05, 4.69) is 10.6 Å². The average Bonchev–Trinajstić information content (AvgIpc) is 2.87. The second-order valence-electron chi connectivity index (χ2n) is 7.66. The Morgan fingerprint density at radius 1 is 1.09 bits per heavy atom. The smallest absolute Gasteiger partial charge is 0.251 e. The molecule has 3 rings (SSSR count). The van der Waals surface area contributed by atoms with Crippen molar-refractivity contribution in [3.05, 3.63) is 67.6 Å². The lowest BCUT2D eigenvalue weighted by molar-refractivity contribution is -0.133. The summed E-state index contributed by atoms with van der Waals surface area (Å²) in [5, 5.41) is 8.00. The zero-order valence-corrected chi connectivity index (χ0v) is 20.2. The molecule has 4 N–H and O–H groups in total. The molecule has 172 valence electrons. The van der Waals surface area contributed by atoms with Gasteiger partial charge >= 0.3 is 0 Å². The maximum absolute atomic E-state index is 13.1. The lowest BCUT2D eigenvalue weighted by Gasteiger charge is -2.24. The molecule has 0 aromatic heterocycles. The first-order valence-electron chi connectivity index (χ1n) is 10.2. The van der Waals surface area contributed by atoms with Gasteiger partial charge in [0.05, 0.1) is 16.1 Å². The number of carbonyl (C=O) groups excluding carboxylic acids is 2. The van der Waals surface area contributed by atoms with Crippen LogP contribution in [0.4, 0.5) is 0 Å². The molecule has 10 heteroatoms. The summed E-state index contributed by atoms with van der Waals surface area (Å²) in [5.74, 6) is -0.299. The Hall–Kier alpha value is -1.54. The minimum absolute atomic E-state index is 0.0372. The normalized spacial score (nSPS) is 19.0. The highest BCUT2D eigenvalue weighted by molar-refractivity contribution is 6.42. The van der Waals surface area contributed by atoms with Crippen LogP contribution in [0.5, 0.6) is 0 Å². The minimum Gasteiger partial charge on any atom is -0.350 e. The van der Waals surface area contributed by atoms with Gasteiger partial charge in [0.2, 0.25) is 5.91 Å². The fourth-order valence-electron chi connectivity index (χ4n) is 3.65. The van der Waals surface area contributed by atoms with Crippen LogP contribution in [0.3, 0.4) is 0 Å². The van der Waals surface area contributed by atoms with Gasteiger partial charge in [-0.3, -0.25) is 9.59 Å². The third-order valence-corrected chi connectivity index (χ3v) is 6.41. The number of hydrogen-bond donors (Lipinski definition) is 3. The van der Waals surface area contributed by atoms with E-state index in [1.807, 2.05) is 0 Å². The van der Waals surface area contributed by atoms with Gasteiger partial charge in [0.15, 0.2) is 0 Å². The number of rotatable bonds is 7. The molecule has 1 heterocycles. The van der Waals surface area contributed by atoms with Crippen molar-refractivity contribution in [3.63, 3.8) is 0 Å². The molecule has 0 spiro atoms. The number of nitrogens with one attached hydrogen (secondary N) is 2. The number of carbonyl (C=O) groups is 2. The monoisotopic (exact) mass is 516 g/mol. The van der Waals surface area contributed by atoms with Crippen molar-refractivity contribution in [3.8, 4) is 0 Å². The summed E-state index contributed by atoms with van der Waals surface area (Å²) in [5.41, 5.74) is 7.02. The van der Waals surface area contributed by atoms with Gasteiger partial charge in [0.25, 0.3) is 5.91 Å². The highest BCUT2D eigenvalue weighted by Gasteiger charge is 2.30. The number of amides is 2. The van der Waals surface area contributed by atoms with Crippen molar-refractivity contribution >= 4 is 58.2 Å². The van der Waals surface area contributed by atoms with Crippen molar-refractivity contribution in [2.75, 3.05) is 19.6 Å². The summed E-state index contributed by atoms with van der Waals surface area (Å²) in [6.07, 6.45) is 1.14. The topological polar surface area (TPSA) is 87.5 Å². The van der Waals surface area contributed by atoms with E-state index in [1.165, 1.54) is 6.07 Å². The molecular weight excluding hydrogens is 494 g/mol. The fraction of sp³-hybridized carbons (Fsp3) is 0.364. The zero-order chi connectivity index (χ0) is 23.3. The van der Waals surface area contributed by atoms with E-state index in [4.69, 9.17) is 52.1 Å². The zero-order valence-electron chi connectivity index (χ0n) is 17.2. The lowest BCUT2D eigenvalue weighted by atomic mass is 10.1. The van der Waals surface area contributed by atoms with Crippen LogP contribution in [0.25, 0.3) is 0 Å². The van der Waals surface area contributed by atoms with Gasteiger partial charge in [-0.25, -0.2) is 0 Å². The van der Waals surface area contributed by atoms with Crippen LogP contribution < -0.4 is 16.4 Å². The van der Waals surface area contributed by atoms with Gasteiger partial charge in [-0.05, 0) is 61.3 Å². The second-order valence-corrected chi connectivity index (χ2v) is 9.35. The van der Waals surface area contributed by atoms with E-state index in [1.54, 1.807) is 35.2 Å². The van der Waals surface area contributed by atoms with Crippen molar-refractivity contribution in [2.24, 2.45) is 5.73 Å². The highest BCUT2D eigenvalue weighted by atomic mass is 35.5. The van der Waals surface area contributed by atoms with Crippen LogP contribution in [-0.4, -0.2) is 48.4 Å². The standard InChI is InChI=1S/C22H24Cl4N4O2/c23-15-7-13(8-16(24)10-15)12-30-6-4-17(29-20(3-5-27)22(30)32)11-28-21(31)14-1-2-18(25)19(26)9-14/h1-2,7-10,17,20,29H,3-6,11-12,27H2,(H,28,31)/t17-,20-/m0/s1. The molecule has 2 amide bonds. The molecule has 0 bridgehead atoms. The van der Waals surface area contributed by atoms with Crippen molar-refractivity contribution in [2.45, 2.75) is 31.5 Å². The Morgan fingerprint density at radius 2 is 1.81 bits per heavy atom. The predicted molar refractivity (Wildman–Crippen MR) is 130 cm³/mol. The maximum atomic E-state index is 13.1. The number of nitrogens with zero attached hydrogens (tertiary/aromatic N) is 1. The maximum Gasteiger partial charge on any atom is 0.251 e. The molecule has 0 aliphatic carbocycles. The van der Waals surface area contributed by atoms with Crippen LogP contribution in [0.15, 0.2) is 36.4 Å². The van der Waals surface area contributed by atoms with E-state index in [0.717, 1.165) is 5.56 Å². The number of benzene rings is 2. The van der Waals surface area contributed by atoms with Gasteiger partial charge in [-0.2, -0.15) is 0 Å². The molecule has 0 unspecified atom stereocenters. The number of halogens is 4. The van der Waals surface area contributed by atoms with Gasteiger partial charge in [-0.15, -0.1) is 0 Å². The molecule has 2 aromatic carbocycles. The summed E-state index contributed by atoms with van der Waals surface area (Å²) in [6.45, 7) is 1.63.